The largest absolute Gasteiger partial charge is 0.454 e. The molecule has 0 unspecified atom stereocenters. The number of nitrogens with two attached hydrogens (primary N) is 1. The van der Waals surface area contributed by atoms with E-state index in [0.29, 0.717) is 17.1 Å². The van der Waals surface area contributed by atoms with E-state index >= 15 is 0 Å². The molecule has 0 saturated heterocycles. The molecule has 6 nitrogen and oxygen atoms in total. The fourth-order valence-electron chi connectivity index (χ4n) is 2.35. The molecule has 1 aliphatic heterocycles. The number of fused-ring (bicyclic) bond motifs is 1. The maximum atomic E-state index is 11.9. The number of nitrogen functional groups attached to an aromatic ring is 1. The first-order chi connectivity index (χ1) is 9.74. The smallest absolute Gasteiger partial charge is 0.338 e. The summed E-state index contributed by atoms with van der Waals surface area (Å²) in [7, 11) is 0. The van der Waals surface area contributed by atoms with Gasteiger partial charge >= 0.3 is 5.97 Å². The molecule has 3 rings (SSSR count). The molecule has 2 heterocycles. The lowest BCUT2D eigenvalue weighted by molar-refractivity contribution is 0.0457. The summed E-state index contributed by atoms with van der Waals surface area (Å²) in [5.74, 6) is 1.29. The van der Waals surface area contributed by atoms with Gasteiger partial charge in [0.05, 0.1) is 5.56 Å². The molecule has 1 aliphatic rings. The lowest BCUT2D eigenvalue weighted by Gasteiger charge is -2.14. The van der Waals surface area contributed by atoms with E-state index in [0.717, 1.165) is 31.6 Å². The molecule has 0 amide bonds. The zero-order valence-electron chi connectivity index (χ0n) is 11.1. The van der Waals surface area contributed by atoms with Gasteiger partial charge in [-0.1, -0.05) is 6.07 Å². The number of ether oxygens (including phenoxy) is 1. The quantitative estimate of drug-likeness (QED) is 0.677. The zero-order chi connectivity index (χ0) is 13.9. The number of anilines is 1. The average molecular weight is 272 g/mol. The Morgan fingerprint density at radius 2 is 2.25 bits per heavy atom. The summed E-state index contributed by atoms with van der Waals surface area (Å²) in [4.78, 5) is 11.9. The van der Waals surface area contributed by atoms with E-state index in [1.807, 2.05) is 4.57 Å². The van der Waals surface area contributed by atoms with Gasteiger partial charge in [0.2, 0.25) is 0 Å². The Morgan fingerprint density at radius 3 is 3.10 bits per heavy atom. The molecule has 0 saturated carbocycles. The van der Waals surface area contributed by atoms with Crippen LogP contribution in [0.4, 0.5) is 5.69 Å². The lowest BCUT2D eigenvalue weighted by atomic mass is 10.2. The number of rotatable bonds is 3. The van der Waals surface area contributed by atoms with Crippen LogP contribution in [0.5, 0.6) is 0 Å². The molecule has 2 N–H and O–H groups in total. The number of carbonyl (C=O) groups is 1. The van der Waals surface area contributed by atoms with Gasteiger partial charge in [-0.2, -0.15) is 0 Å². The third-order valence-corrected chi connectivity index (χ3v) is 3.39. The van der Waals surface area contributed by atoms with Crippen molar-refractivity contribution in [1.82, 2.24) is 14.8 Å². The van der Waals surface area contributed by atoms with Gasteiger partial charge in [0.15, 0.2) is 12.4 Å². The van der Waals surface area contributed by atoms with Crippen molar-refractivity contribution >= 4 is 11.7 Å². The summed E-state index contributed by atoms with van der Waals surface area (Å²) >= 11 is 0. The van der Waals surface area contributed by atoms with Crippen LogP contribution in [0.25, 0.3) is 0 Å². The molecular formula is C14H16N4O2. The van der Waals surface area contributed by atoms with Crippen molar-refractivity contribution in [3.05, 3.63) is 41.5 Å². The second kappa shape index (κ2) is 5.32. The van der Waals surface area contributed by atoms with Gasteiger partial charge in [-0.05, 0) is 31.0 Å². The number of carbonyl (C=O) groups excluding carboxylic acids is 1. The van der Waals surface area contributed by atoms with Crippen LogP contribution in [0.1, 0.15) is 34.8 Å². The highest BCUT2D eigenvalue weighted by molar-refractivity contribution is 5.90. The molecule has 20 heavy (non-hydrogen) atoms. The SMILES string of the molecule is Nc1cccc(C(=O)OCc2nnc3n2CCCC3)c1. The highest BCUT2D eigenvalue weighted by atomic mass is 16.5. The molecule has 1 aromatic heterocycles. The summed E-state index contributed by atoms with van der Waals surface area (Å²) in [6.45, 7) is 1.04. The summed E-state index contributed by atoms with van der Waals surface area (Å²) in [6.07, 6.45) is 3.19. The molecule has 0 bridgehead atoms. The minimum Gasteiger partial charge on any atom is -0.454 e. The third kappa shape index (κ3) is 2.49. The first-order valence-electron chi connectivity index (χ1n) is 6.67. The Balaban J connectivity index is 1.68. The van der Waals surface area contributed by atoms with Gasteiger partial charge in [-0.3, -0.25) is 0 Å². The van der Waals surface area contributed by atoms with E-state index in [-0.39, 0.29) is 6.61 Å². The van der Waals surface area contributed by atoms with E-state index < -0.39 is 5.97 Å². The highest BCUT2D eigenvalue weighted by Crippen LogP contribution is 2.15. The molecule has 1 aromatic carbocycles. The summed E-state index contributed by atoms with van der Waals surface area (Å²) in [5.41, 5.74) is 6.63. The van der Waals surface area contributed by atoms with Crippen molar-refractivity contribution in [3.8, 4) is 0 Å². The Kier molecular flexibility index (Phi) is 3.37. The molecule has 0 spiro atoms. The van der Waals surface area contributed by atoms with Crippen molar-refractivity contribution in [2.24, 2.45) is 0 Å². The molecule has 0 atom stereocenters. The number of esters is 1. The van der Waals surface area contributed by atoms with Crippen LogP contribution in [-0.4, -0.2) is 20.7 Å². The molecule has 104 valence electrons. The Labute approximate surface area is 116 Å². The van der Waals surface area contributed by atoms with Crippen LogP contribution in [0.3, 0.4) is 0 Å². The molecule has 6 heteroatoms. The van der Waals surface area contributed by atoms with E-state index in [9.17, 15) is 4.79 Å². The van der Waals surface area contributed by atoms with Crippen LogP contribution >= 0.6 is 0 Å². The van der Waals surface area contributed by atoms with Crippen LogP contribution in [-0.2, 0) is 24.3 Å². The van der Waals surface area contributed by atoms with Gasteiger partial charge in [0.1, 0.15) is 5.82 Å². The summed E-state index contributed by atoms with van der Waals surface area (Å²) in [6, 6.07) is 6.73. The fraction of sp³-hybridized carbons (Fsp3) is 0.357. The second-order valence-electron chi connectivity index (χ2n) is 4.84. The molecule has 0 aliphatic carbocycles. The van der Waals surface area contributed by atoms with Crippen molar-refractivity contribution in [2.45, 2.75) is 32.4 Å². The third-order valence-electron chi connectivity index (χ3n) is 3.39. The summed E-state index contributed by atoms with van der Waals surface area (Å²) < 4.78 is 7.31. The maximum absolute atomic E-state index is 11.9. The van der Waals surface area contributed by atoms with Crippen LogP contribution in [0.2, 0.25) is 0 Å². The van der Waals surface area contributed by atoms with Crippen molar-refractivity contribution in [1.29, 1.82) is 0 Å². The van der Waals surface area contributed by atoms with Crippen molar-refractivity contribution in [3.63, 3.8) is 0 Å². The van der Waals surface area contributed by atoms with Crippen LogP contribution < -0.4 is 5.73 Å². The molecule has 2 aromatic rings. The van der Waals surface area contributed by atoms with E-state index in [2.05, 4.69) is 10.2 Å². The van der Waals surface area contributed by atoms with Crippen LogP contribution in [0, 0.1) is 0 Å². The average Bonchev–Trinajstić information content (AvgIpc) is 2.88. The number of aryl methyl sites for hydroxylation is 1. The Bertz CT molecular complexity index is 636. The van der Waals surface area contributed by atoms with E-state index in [1.165, 1.54) is 0 Å². The first kappa shape index (κ1) is 12.7. The fourth-order valence-corrected chi connectivity index (χ4v) is 2.35. The number of nitrogens with zero attached hydrogens (tertiary/aromatic N) is 3. The second-order valence-corrected chi connectivity index (χ2v) is 4.84. The molecule has 0 fully saturated rings. The van der Waals surface area contributed by atoms with E-state index in [4.69, 9.17) is 10.5 Å². The number of hydrogen-bond acceptors (Lipinski definition) is 5. The molecule has 0 radical (unpaired) electrons. The van der Waals surface area contributed by atoms with E-state index in [1.54, 1.807) is 24.3 Å². The Morgan fingerprint density at radius 1 is 1.35 bits per heavy atom. The number of hydrogen-bond donors (Lipinski definition) is 1. The van der Waals surface area contributed by atoms with Gasteiger partial charge in [0.25, 0.3) is 0 Å². The van der Waals surface area contributed by atoms with Gasteiger partial charge < -0.3 is 15.0 Å². The van der Waals surface area contributed by atoms with Crippen LogP contribution in [0.15, 0.2) is 24.3 Å². The van der Waals surface area contributed by atoms with Crippen molar-refractivity contribution in [2.75, 3.05) is 5.73 Å². The first-order valence-corrected chi connectivity index (χ1v) is 6.67. The highest BCUT2D eigenvalue weighted by Gasteiger charge is 2.17. The zero-order valence-corrected chi connectivity index (χ0v) is 11.1. The number of benzene rings is 1. The minimum absolute atomic E-state index is 0.140. The van der Waals surface area contributed by atoms with Gasteiger partial charge in [-0.25, -0.2) is 4.79 Å². The minimum atomic E-state index is -0.398. The van der Waals surface area contributed by atoms with Crippen molar-refractivity contribution < 1.29 is 9.53 Å². The predicted octanol–water partition coefficient (Wildman–Crippen LogP) is 1.55. The molecular weight excluding hydrogens is 256 g/mol. The Hall–Kier alpha value is -2.37. The monoisotopic (exact) mass is 272 g/mol. The summed E-state index contributed by atoms with van der Waals surface area (Å²) in [5, 5.41) is 8.22. The van der Waals surface area contributed by atoms with Gasteiger partial charge in [-0.15, -0.1) is 10.2 Å². The predicted molar refractivity (Wildman–Crippen MR) is 72.9 cm³/mol. The van der Waals surface area contributed by atoms with Gasteiger partial charge in [0, 0.05) is 18.7 Å². The standard InChI is InChI=1S/C14H16N4O2/c15-11-5-3-4-10(8-11)14(19)20-9-13-17-16-12-6-1-2-7-18(12)13/h3-5,8H,1-2,6-7,9,15H2. The topological polar surface area (TPSA) is 83.0 Å². The lowest BCUT2D eigenvalue weighted by Crippen LogP contribution is -2.15. The normalized spacial score (nSPS) is 13.8. The number of aromatic nitrogens is 3. The maximum Gasteiger partial charge on any atom is 0.338 e.